The van der Waals surface area contributed by atoms with Crippen molar-refractivity contribution in [2.75, 3.05) is 6.61 Å². The molecule has 0 N–H and O–H groups in total. The smallest absolute Gasteiger partial charge is 0.127 e. The number of nitrogens with zero attached hydrogens (tertiary/aromatic N) is 2. The van der Waals surface area contributed by atoms with E-state index in [1.807, 2.05) is 12.4 Å². The van der Waals surface area contributed by atoms with Crippen LogP contribution in [0.5, 0.6) is 5.75 Å². The van der Waals surface area contributed by atoms with Gasteiger partial charge in [-0.25, -0.2) is 4.98 Å². The van der Waals surface area contributed by atoms with Gasteiger partial charge in [0.1, 0.15) is 11.6 Å². The van der Waals surface area contributed by atoms with Crippen LogP contribution >= 0.6 is 15.9 Å². The molecule has 0 radical (unpaired) electrons. The topological polar surface area (TPSA) is 27.1 Å². The minimum absolute atomic E-state index is 0.796. The van der Waals surface area contributed by atoms with Gasteiger partial charge in [0.05, 0.1) is 13.2 Å². The van der Waals surface area contributed by atoms with E-state index in [1.54, 1.807) is 0 Å². The molecule has 0 aliphatic carbocycles. The highest BCUT2D eigenvalue weighted by atomic mass is 79.9. The molecule has 1 aromatic heterocycles. The van der Waals surface area contributed by atoms with Crippen LogP contribution in [0.1, 0.15) is 30.3 Å². The lowest BCUT2D eigenvalue weighted by molar-refractivity contribution is 0.352. The van der Waals surface area contributed by atoms with Crippen molar-refractivity contribution < 1.29 is 4.74 Å². The lowest BCUT2D eigenvalue weighted by Crippen LogP contribution is -2.05. The number of benzene rings is 1. The van der Waals surface area contributed by atoms with E-state index in [2.05, 4.69) is 44.5 Å². The zero-order valence-corrected chi connectivity index (χ0v) is 12.6. The molecule has 3 rings (SSSR count). The number of aryl methyl sites for hydroxylation is 1. The molecule has 1 aliphatic rings. The van der Waals surface area contributed by atoms with E-state index < -0.39 is 0 Å². The number of hydrogen-bond donors (Lipinski definition) is 0. The van der Waals surface area contributed by atoms with Crippen molar-refractivity contribution in [2.45, 2.75) is 32.7 Å². The highest BCUT2D eigenvalue weighted by molar-refractivity contribution is 9.10. The summed E-state index contributed by atoms with van der Waals surface area (Å²) in [5.74, 6) is 2.22. The second-order valence-electron chi connectivity index (χ2n) is 4.87. The van der Waals surface area contributed by atoms with Crippen molar-refractivity contribution >= 4 is 15.9 Å². The molecule has 0 spiro atoms. The van der Waals surface area contributed by atoms with Crippen molar-refractivity contribution in [3.8, 4) is 5.75 Å². The molecule has 0 atom stereocenters. The minimum Gasteiger partial charge on any atom is -0.493 e. The van der Waals surface area contributed by atoms with Gasteiger partial charge in [-0.05, 0) is 24.1 Å². The number of imidazole rings is 1. The van der Waals surface area contributed by atoms with E-state index in [9.17, 15) is 0 Å². The molecule has 2 aromatic rings. The monoisotopic (exact) mass is 320 g/mol. The summed E-state index contributed by atoms with van der Waals surface area (Å²) >= 11 is 3.59. The summed E-state index contributed by atoms with van der Waals surface area (Å²) in [6.45, 7) is 3.81. The van der Waals surface area contributed by atoms with E-state index in [1.165, 1.54) is 11.1 Å². The van der Waals surface area contributed by atoms with E-state index in [0.29, 0.717) is 0 Å². The molecule has 0 amide bonds. The summed E-state index contributed by atoms with van der Waals surface area (Å²) in [5.41, 5.74) is 2.54. The van der Waals surface area contributed by atoms with Crippen LogP contribution in [0.25, 0.3) is 0 Å². The molecule has 0 saturated carbocycles. The van der Waals surface area contributed by atoms with Crippen molar-refractivity contribution in [3.05, 3.63) is 46.0 Å². The van der Waals surface area contributed by atoms with Gasteiger partial charge in [-0.2, -0.15) is 0 Å². The molecule has 0 bridgehead atoms. The second kappa shape index (κ2) is 5.37. The number of hydrogen-bond acceptors (Lipinski definition) is 2. The zero-order chi connectivity index (χ0) is 13.2. The maximum absolute atomic E-state index is 5.78. The van der Waals surface area contributed by atoms with Crippen LogP contribution in [0.15, 0.2) is 29.0 Å². The summed E-state index contributed by atoms with van der Waals surface area (Å²) < 4.78 is 9.12. The summed E-state index contributed by atoms with van der Waals surface area (Å²) in [5, 5.41) is 0. The van der Waals surface area contributed by atoms with Gasteiger partial charge in [0.2, 0.25) is 0 Å². The van der Waals surface area contributed by atoms with Crippen LogP contribution in [0, 0.1) is 0 Å². The molecule has 2 heterocycles. The average molecular weight is 321 g/mol. The Morgan fingerprint density at radius 3 is 3.16 bits per heavy atom. The third kappa shape index (κ3) is 2.54. The lowest BCUT2D eigenvalue weighted by atomic mass is 10.1. The number of aromatic nitrogens is 2. The van der Waals surface area contributed by atoms with Gasteiger partial charge >= 0.3 is 0 Å². The van der Waals surface area contributed by atoms with Crippen LogP contribution in [-0.4, -0.2) is 16.2 Å². The third-order valence-corrected chi connectivity index (χ3v) is 3.90. The number of fused-ring (bicyclic) bond motifs is 1. The van der Waals surface area contributed by atoms with Crippen LogP contribution in [-0.2, 0) is 19.4 Å². The summed E-state index contributed by atoms with van der Waals surface area (Å²) in [6, 6.07) is 4.31. The van der Waals surface area contributed by atoms with Crippen LogP contribution in [0.4, 0.5) is 0 Å². The van der Waals surface area contributed by atoms with Crippen molar-refractivity contribution in [3.63, 3.8) is 0 Å². The van der Waals surface area contributed by atoms with Crippen molar-refractivity contribution in [1.82, 2.24) is 9.55 Å². The minimum atomic E-state index is 0.796. The molecule has 0 unspecified atom stereocenters. The first-order valence-electron chi connectivity index (χ1n) is 6.72. The predicted octanol–water partition coefficient (Wildman–Crippen LogP) is 3.58. The molecule has 1 aliphatic heterocycles. The Morgan fingerprint density at radius 2 is 2.32 bits per heavy atom. The van der Waals surface area contributed by atoms with E-state index in [4.69, 9.17) is 4.74 Å². The molecule has 19 heavy (non-hydrogen) atoms. The Kier molecular flexibility index (Phi) is 3.60. The highest BCUT2D eigenvalue weighted by Gasteiger charge is 2.18. The van der Waals surface area contributed by atoms with Gasteiger partial charge in [-0.15, -0.1) is 0 Å². The molecular weight excluding hydrogens is 304 g/mol. The Bertz CT molecular complexity index is 592. The molecule has 0 saturated heterocycles. The van der Waals surface area contributed by atoms with Gasteiger partial charge in [0.15, 0.2) is 0 Å². The summed E-state index contributed by atoms with van der Waals surface area (Å²) in [6.07, 6.45) is 7.07. The Hall–Kier alpha value is -1.29. The second-order valence-corrected chi connectivity index (χ2v) is 5.79. The Morgan fingerprint density at radius 1 is 1.42 bits per heavy atom. The maximum atomic E-state index is 5.78. The fraction of sp³-hybridized carbons (Fsp3) is 0.400. The SMILES string of the molecule is CCCc1nccn1Cc1cc(Br)cc2c1OCC2. The van der Waals surface area contributed by atoms with Crippen molar-refractivity contribution in [1.29, 1.82) is 0 Å². The first kappa shape index (κ1) is 12.7. The van der Waals surface area contributed by atoms with Crippen molar-refractivity contribution in [2.24, 2.45) is 0 Å². The largest absolute Gasteiger partial charge is 0.493 e. The fourth-order valence-corrected chi connectivity index (χ4v) is 3.14. The van der Waals surface area contributed by atoms with Crippen LogP contribution in [0.2, 0.25) is 0 Å². The number of halogens is 1. The molecule has 3 nitrogen and oxygen atoms in total. The van der Waals surface area contributed by atoms with Gasteiger partial charge in [0, 0.05) is 35.3 Å². The van der Waals surface area contributed by atoms with Gasteiger partial charge < -0.3 is 9.30 Å². The standard InChI is InChI=1S/C15H17BrN2O/c1-2-3-14-17-5-6-18(14)10-12-9-13(16)8-11-4-7-19-15(11)12/h5-6,8-9H,2-4,7,10H2,1H3. The van der Waals surface area contributed by atoms with E-state index in [-0.39, 0.29) is 0 Å². The highest BCUT2D eigenvalue weighted by Crippen LogP contribution is 2.33. The zero-order valence-electron chi connectivity index (χ0n) is 11.0. The van der Waals surface area contributed by atoms with E-state index in [0.717, 1.165) is 48.5 Å². The fourth-order valence-electron chi connectivity index (χ4n) is 2.58. The molecule has 4 heteroatoms. The summed E-state index contributed by atoms with van der Waals surface area (Å²) in [7, 11) is 0. The number of rotatable bonds is 4. The Labute approximate surface area is 121 Å². The van der Waals surface area contributed by atoms with Gasteiger partial charge in [-0.1, -0.05) is 22.9 Å². The Balaban J connectivity index is 1.93. The van der Waals surface area contributed by atoms with Gasteiger partial charge in [0.25, 0.3) is 0 Å². The first-order chi connectivity index (χ1) is 9.28. The molecular formula is C15H17BrN2O. The normalized spacial score (nSPS) is 13.4. The lowest BCUT2D eigenvalue weighted by Gasteiger charge is -2.12. The number of ether oxygens (including phenoxy) is 1. The molecule has 1 aromatic carbocycles. The average Bonchev–Trinajstić information content (AvgIpc) is 2.99. The maximum Gasteiger partial charge on any atom is 0.127 e. The van der Waals surface area contributed by atoms with Crippen LogP contribution < -0.4 is 4.74 Å². The van der Waals surface area contributed by atoms with E-state index >= 15 is 0 Å². The van der Waals surface area contributed by atoms with Crippen LogP contribution in [0.3, 0.4) is 0 Å². The first-order valence-corrected chi connectivity index (χ1v) is 7.51. The third-order valence-electron chi connectivity index (χ3n) is 3.44. The summed E-state index contributed by atoms with van der Waals surface area (Å²) in [4.78, 5) is 4.43. The quantitative estimate of drug-likeness (QED) is 0.861. The predicted molar refractivity (Wildman–Crippen MR) is 78.7 cm³/mol. The molecule has 100 valence electrons. The van der Waals surface area contributed by atoms with Gasteiger partial charge in [-0.3, -0.25) is 0 Å². The molecule has 0 fully saturated rings.